The Kier molecular flexibility index (Phi) is 11.3. The fraction of sp³-hybridized carbons (Fsp3) is 0.565. The summed E-state index contributed by atoms with van der Waals surface area (Å²) >= 11 is 0. The molecular weight excluding hydrogens is 434 g/mol. The Hall–Kier alpha value is -3.14. The van der Waals surface area contributed by atoms with Gasteiger partial charge in [0.1, 0.15) is 12.1 Å². The third kappa shape index (κ3) is 9.48. The standard InChI is InChI=1S/C23H33NO9/c1-6-19(25)32-17-9-8-15(11-18(17)33-20(26)7-2)16(21(24)22(27)28)10-14(5)31-23(29)30-12-13(3)4/h8-9,11,13-14,16,21H,6-7,10,12,24H2,1-5H3,(H,27,28)/t14?,16?,21-/m0/s1. The number of carboxylic acids is 1. The zero-order valence-corrected chi connectivity index (χ0v) is 19.7. The van der Waals surface area contributed by atoms with E-state index < -0.39 is 42.1 Å². The Balaban J connectivity index is 3.20. The molecule has 0 aliphatic heterocycles. The Morgan fingerprint density at radius 1 is 0.970 bits per heavy atom. The summed E-state index contributed by atoms with van der Waals surface area (Å²) in [6.07, 6.45) is -1.35. The molecule has 0 bridgehead atoms. The first-order chi connectivity index (χ1) is 15.5. The summed E-state index contributed by atoms with van der Waals surface area (Å²) in [7, 11) is 0. The molecule has 0 amide bonds. The van der Waals surface area contributed by atoms with E-state index >= 15 is 0 Å². The summed E-state index contributed by atoms with van der Waals surface area (Å²) in [5, 5.41) is 9.50. The quantitative estimate of drug-likeness (QED) is 0.345. The van der Waals surface area contributed by atoms with Gasteiger partial charge in [-0.1, -0.05) is 33.8 Å². The zero-order valence-electron chi connectivity index (χ0n) is 19.7. The van der Waals surface area contributed by atoms with Gasteiger partial charge in [-0.2, -0.15) is 0 Å². The lowest BCUT2D eigenvalue weighted by Gasteiger charge is -2.25. The van der Waals surface area contributed by atoms with Crippen LogP contribution in [0.15, 0.2) is 18.2 Å². The number of carbonyl (C=O) groups is 4. The average molecular weight is 468 g/mol. The number of rotatable bonds is 12. The van der Waals surface area contributed by atoms with Crippen LogP contribution >= 0.6 is 0 Å². The Bertz CT molecular complexity index is 837. The minimum atomic E-state index is -1.35. The molecule has 10 nitrogen and oxygen atoms in total. The van der Waals surface area contributed by atoms with Crippen molar-refractivity contribution in [1.82, 2.24) is 0 Å². The van der Waals surface area contributed by atoms with E-state index in [4.69, 9.17) is 24.7 Å². The van der Waals surface area contributed by atoms with Gasteiger partial charge in [0.05, 0.1) is 6.61 Å². The van der Waals surface area contributed by atoms with Gasteiger partial charge in [0.25, 0.3) is 0 Å². The van der Waals surface area contributed by atoms with E-state index in [1.807, 2.05) is 13.8 Å². The lowest BCUT2D eigenvalue weighted by Crippen LogP contribution is -2.38. The number of nitrogens with two attached hydrogens (primary N) is 1. The van der Waals surface area contributed by atoms with Crippen LogP contribution in [0.1, 0.15) is 65.4 Å². The van der Waals surface area contributed by atoms with Crippen LogP contribution in [-0.2, 0) is 23.9 Å². The molecule has 184 valence electrons. The van der Waals surface area contributed by atoms with Crippen molar-refractivity contribution in [1.29, 1.82) is 0 Å². The maximum Gasteiger partial charge on any atom is 0.508 e. The zero-order chi connectivity index (χ0) is 25.1. The highest BCUT2D eigenvalue weighted by atomic mass is 16.7. The average Bonchev–Trinajstić information content (AvgIpc) is 2.76. The van der Waals surface area contributed by atoms with Gasteiger partial charge >= 0.3 is 24.1 Å². The molecule has 3 atom stereocenters. The van der Waals surface area contributed by atoms with Crippen LogP contribution in [0, 0.1) is 5.92 Å². The van der Waals surface area contributed by atoms with Crippen LogP contribution in [0.25, 0.3) is 0 Å². The van der Waals surface area contributed by atoms with Crippen LogP contribution in [0.2, 0.25) is 0 Å². The minimum absolute atomic E-state index is 0.0246. The maximum absolute atomic E-state index is 11.9. The molecule has 0 aliphatic rings. The number of carboxylic acid groups (broad SMARTS) is 1. The fourth-order valence-corrected chi connectivity index (χ4v) is 2.81. The third-order valence-electron chi connectivity index (χ3n) is 4.56. The summed E-state index contributed by atoms with van der Waals surface area (Å²) in [6, 6.07) is 2.99. The van der Waals surface area contributed by atoms with Crippen LogP contribution in [0.3, 0.4) is 0 Å². The SMILES string of the molecule is CCC(=O)Oc1ccc(C(CC(C)OC(=O)OCC(C)C)[C@H](N)C(=O)O)cc1OC(=O)CC. The lowest BCUT2D eigenvalue weighted by atomic mass is 9.87. The van der Waals surface area contributed by atoms with E-state index in [0.29, 0.717) is 5.56 Å². The monoisotopic (exact) mass is 467 g/mol. The van der Waals surface area contributed by atoms with Gasteiger partial charge in [-0.3, -0.25) is 14.4 Å². The van der Waals surface area contributed by atoms with Gasteiger partial charge in [0.15, 0.2) is 11.5 Å². The van der Waals surface area contributed by atoms with E-state index in [0.717, 1.165) is 0 Å². The van der Waals surface area contributed by atoms with E-state index in [1.54, 1.807) is 20.8 Å². The highest BCUT2D eigenvalue weighted by Crippen LogP contribution is 2.35. The summed E-state index contributed by atoms with van der Waals surface area (Å²) in [5.74, 6) is -3.05. The number of hydrogen-bond donors (Lipinski definition) is 2. The summed E-state index contributed by atoms with van der Waals surface area (Å²) in [6.45, 7) is 8.75. The lowest BCUT2D eigenvalue weighted by molar-refractivity contribution is -0.139. The highest BCUT2D eigenvalue weighted by molar-refractivity contribution is 5.77. The van der Waals surface area contributed by atoms with Crippen molar-refractivity contribution in [3.8, 4) is 11.5 Å². The molecule has 0 fully saturated rings. The first kappa shape index (κ1) is 27.9. The second-order valence-corrected chi connectivity index (χ2v) is 7.95. The van der Waals surface area contributed by atoms with Gasteiger partial charge in [-0.05, 0) is 37.0 Å². The van der Waals surface area contributed by atoms with E-state index in [2.05, 4.69) is 0 Å². The van der Waals surface area contributed by atoms with Crippen LogP contribution in [-0.4, -0.2) is 47.9 Å². The van der Waals surface area contributed by atoms with Gasteiger partial charge in [-0.15, -0.1) is 0 Å². The van der Waals surface area contributed by atoms with Crippen molar-refractivity contribution < 1.29 is 43.2 Å². The van der Waals surface area contributed by atoms with Crippen molar-refractivity contribution in [2.75, 3.05) is 6.61 Å². The molecular formula is C23H33NO9. The Morgan fingerprint density at radius 3 is 2.06 bits per heavy atom. The molecule has 0 saturated carbocycles. The second kappa shape index (κ2) is 13.4. The molecule has 1 aromatic carbocycles. The van der Waals surface area contributed by atoms with Crippen molar-refractivity contribution in [3.05, 3.63) is 23.8 Å². The predicted molar refractivity (Wildman–Crippen MR) is 118 cm³/mol. The highest BCUT2D eigenvalue weighted by Gasteiger charge is 2.30. The maximum atomic E-state index is 11.9. The van der Waals surface area contributed by atoms with Gasteiger partial charge < -0.3 is 29.8 Å². The summed E-state index contributed by atoms with van der Waals surface area (Å²) in [5.41, 5.74) is 6.33. The predicted octanol–water partition coefficient (Wildman–Crippen LogP) is 3.40. The molecule has 0 radical (unpaired) electrons. The van der Waals surface area contributed by atoms with E-state index in [1.165, 1.54) is 18.2 Å². The number of ether oxygens (including phenoxy) is 4. The Labute approximate surface area is 193 Å². The summed E-state index contributed by atoms with van der Waals surface area (Å²) in [4.78, 5) is 47.1. The molecule has 0 aromatic heterocycles. The minimum Gasteiger partial charge on any atom is -0.480 e. The Morgan fingerprint density at radius 2 is 1.55 bits per heavy atom. The second-order valence-electron chi connectivity index (χ2n) is 7.95. The molecule has 3 N–H and O–H groups in total. The van der Waals surface area contributed by atoms with Gasteiger partial charge in [0, 0.05) is 18.8 Å². The largest absolute Gasteiger partial charge is 0.508 e. The molecule has 0 spiro atoms. The smallest absolute Gasteiger partial charge is 0.480 e. The molecule has 0 heterocycles. The first-order valence-corrected chi connectivity index (χ1v) is 10.8. The molecule has 0 saturated heterocycles. The van der Waals surface area contributed by atoms with Crippen molar-refractivity contribution in [2.45, 2.75) is 71.9 Å². The normalized spacial score (nSPS) is 13.5. The van der Waals surface area contributed by atoms with Crippen molar-refractivity contribution in [2.24, 2.45) is 11.7 Å². The number of carbonyl (C=O) groups excluding carboxylic acids is 3. The van der Waals surface area contributed by atoms with Gasteiger partial charge in [0.2, 0.25) is 0 Å². The molecule has 1 rings (SSSR count). The molecule has 1 aromatic rings. The van der Waals surface area contributed by atoms with Gasteiger partial charge in [-0.25, -0.2) is 4.79 Å². The van der Waals surface area contributed by atoms with Crippen LogP contribution < -0.4 is 15.2 Å². The first-order valence-electron chi connectivity index (χ1n) is 10.8. The number of hydrogen-bond acceptors (Lipinski definition) is 9. The number of aliphatic carboxylic acids is 1. The van der Waals surface area contributed by atoms with Crippen LogP contribution in [0.4, 0.5) is 4.79 Å². The van der Waals surface area contributed by atoms with Crippen molar-refractivity contribution in [3.63, 3.8) is 0 Å². The fourth-order valence-electron chi connectivity index (χ4n) is 2.81. The molecule has 10 heteroatoms. The van der Waals surface area contributed by atoms with Crippen LogP contribution in [0.5, 0.6) is 11.5 Å². The van der Waals surface area contributed by atoms with E-state index in [9.17, 15) is 24.3 Å². The topological polar surface area (TPSA) is 151 Å². The molecule has 0 aliphatic carbocycles. The third-order valence-corrected chi connectivity index (χ3v) is 4.56. The molecule has 2 unspecified atom stereocenters. The summed E-state index contributed by atoms with van der Waals surface area (Å²) < 4.78 is 20.7. The molecule has 33 heavy (non-hydrogen) atoms. The number of benzene rings is 1. The van der Waals surface area contributed by atoms with Crippen molar-refractivity contribution >= 4 is 24.1 Å². The number of esters is 2. The van der Waals surface area contributed by atoms with E-state index in [-0.39, 0.29) is 43.3 Å².